The van der Waals surface area contributed by atoms with Gasteiger partial charge in [0.25, 0.3) is 5.56 Å². The van der Waals surface area contributed by atoms with E-state index in [-0.39, 0.29) is 35.5 Å². The SMILES string of the molecule is N#Cc1c(N)nc(Cc2ccccc2F)[nH]c1=O.OC1CCCCC1. The van der Waals surface area contributed by atoms with Gasteiger partial charge in [0.05, 0.1) is 6.10 Å². The highest BCUT2D eigenvalue weighted by atomic mass is 19.1. The molecule has 0 saturated heterocycles. The fourth-order valence-corrected chi connectivity index (χ4v) is 2.63. The van der Waals surface area contributed by atoms with Crippen molar-refractivity contribution >= 4 is 5.82 Å². The summed E-state index contributed by atoms with van der Waals surface area (Å²) < 4.78 is 13.4. The highest BCUT2D eigenvalue weighted by Crippen LogP contribution is 2.16. The predicted molar refractivity (Wildman–Crippen MR) is 92.3 cm³/mol. The second kappa shape index (κ2) is 8.94. The summed E-state index contributed by atoms with van der Waals surface area (Å²) in [5.74, 6) is -0.308. The van der Waals surface area contributed by atoms with Gasteiger partial charge in [0.1, 0.15) is 23.5 Å². The largest absolute Gasteiger partial charge is 0.393 e. The van der Waals surface area contributed by atoms with Crippen molar-refractivity contribution in [3.63, 3.8) is 0 Å². The van der Waals surface area contributed by atoms with Crippen LogP contribution >= 0.6 is 0 Å². The smallest absolute Gasteiger partial charge is 0.271 e. The lowest BCUT2D eigenvalue weighted by Gasteiger charge is -2.14. The summed E-state index contributed by atoms with van der Waals surface area (Å²) in [5, 5.41) is 17.6. The summed E-state index contributed by atoms with van der Waals surface area (Å²) in [7, 11) is 0. The molecule has 1 heterocycles. The average Bonchev–Trinajstić information content (AvgIpc) is 2.58. The van der Waals surface area contributed by atoms with E-state index in [9.17, 15) is 9.18 Å². The first-order chi connectivity index (χ1) is 12.0. The van der Waals surface area contributed by atoms with Gasteiger partial charge in [-0.05, 0) is 24.5 Å². The number of benzene rings is 1. The van der Waals surface area contributed by atoms with Gasteiger partial charge in [0.2, 0.25) is 0 Å². The van der Waals surface area contributed by atoms with Gasteiger partial charge in [-0.1, -0.05) is 37.5 Å². The molecule has 1 aromatic carbocycles. The number of hydrogen-bond donors (Lipinski definition) is 3. The molecule has 132 valence electrons. The van der Waals surface area contributed by atoms with E-state index in [1.807, 2.05) is 0 Å². The average molecular weight is 344 g/mol. The topological polar surface area (TPSA) is 116 Å². The molecule has 4 N–H and O–H groups in total. The van der Waals surface area contributed by atoms with Crippen LogP contribution < -0.4 is 11.3 Å². The number of nitriles is 1. The first-order valence-corrected chi connectivity index (χ1v) is 8.21. The van der Waals surface area contributed by atoms with Gasteiger partial charge in [-0.2, -0.15) is 5.26 Å². The summed E-state index contributed by atoms with van der Waals surface area (Å²) >= 11 is 0. The van der Waals surface area contributed by atoms with E-state index in [1.54, 1.807) is 24.3 Å². The highest BCUT2D eigenvalue weighted by molar-refractivity contribution is 5.46. The molecule has 2 aromatic rings. The van der Waals surface area contributed by atoms with Crippen molar-refractivity contribution in [2.75, 3.05) is 5.73 Å². The Hall–Kier alpha value is -2.72. The number of nitrogens with zero attached hydrogens (tertiary/aromatic N) is 2. The lowest BCUT2D eigenvalue weighted by molar-refractivity contribution is 0.130. The second-order valence-electron chi connectivity index (χ2n) is 5.94. The number of aromatic amines is 1. The van der Waals surface area contributed by atoms with Crippen LogP contribution in [0.4, 0.5) is 10.2 Å². The number of aliphatic hydroxyl groups excluding tert-OH is 1. The van der Waals surface area contributed by atoms with E-state index in [2.05, 4.69) is 9.97 Å². The van der Waals surface area contributed by atoms with Gasteiger partial charge in [0, 0.05) is 6.42 Å². The van der Waals surface area contributed by atoms with Crippen molar-refractivity contribution in [2.45, 2.75) is 44.6 Å². The van der Waals surface area contributed by atoms with Crippen molar-refractivity contribution in [1.29, 1.82) is 5.26 Å². The van der Waals surface area contributed by atoms with E-state index in [4.69, 9.17) is 16.1 Å². The molecule has 0 atom stereocenters. The van der Waals surface area contributed by atoms with Gasteiger partial charge in [-0.3, -0.25) is 4.79 Å². The molecule has 7 heteroatoms. The normalized spacial score (nSPS) is 14.3. The van der Waals surface area contributed by atoms with Gasteiger partial charge >= 0.3 is 0 Å². The maximum atomic E-state index is 13.4. The molecule has 0 aliphatic heterocycles. The summed E-state index contributed by atoms with van der Waals surface area (Å²) in [6, 6.07) is 7.82. The van der Waals surface area contributed by atoms with Gasteiger partial charge in [-0.25, -0.2) is 9.37 Å². The quantitative estimate of drug-likeness (QED) is 0.773. The molecule has 0 bridgehead atoms. The number of nitrogen functional groups attached to an aromatic ring is 1. The van der Waals surface area contributed by atoms with Crippen LogP contribution in [0.5, 0.6) is 0 Å². The first-order valence-electron chi connectivity index (χ1n) is 8.21. The molecule has 1 aromatic heterocycles. The summed E-state index contributed by atoms with van der Waals surface area (Å²) in [4.78, 5) is 17.8. The van der Waals surface area contributed by atoms with Crippen LogP contribution in [0.3, 0.4) is 0 Å². The summed E-state index contributed by atoms with van der Waals surface area (Å²) in [5.41, 5.74) is 5.03. The number of nitrogens with one attached hydrogen (secondary N) is 1. The molecule has 25 heavy (non-hydrogen) atoms. The molecule has 0 radical (unpaired) electrons. The number of rotatable bonds is 2. The van der Waals surface area contributed by atoms with Crippen LogP contribution in [-0.2, 0) is 6.42 Å². The minimum absolute atomic E-state index is 0.0359. The Morgan fingerprint density at radius 3 is 2.52 bits per heavy atom. The molecule has 0 amide bonds. The lowest BCUT2D eigenvalue weighted by Crippen LogP contribution is -2.18. The Kier molecular flexibility index (Phi) is 6.66. The summed E-state index contributed by atoms with van der Waals surface area (Å²) in [6.45, 7) is 0. The Balaban J connectivity index is 0.000000269. The van der Waals surface area contributed by atoms with Crippen LogP contribution in [0, 0.1) is 17.1 Å². The zero-order valence-electron chi connectivity index (χ0n) is 13.8. The van der Waals surface area contributed by atoms with Gasteiger partial charge in [-0.15, -0.1) is 0 Å². The number of hydrogen-bond acceptors (Lipinski definition) is 5. The van der Waals surface area contributed by atoms with Crippen molar-refractivity contribution < 1.29 is 9.50 Å². The molecule has 1 saturated carbocycles. The van der Waals surface area contributed by atoms with E-state index in [0.29, 0.717) is 5.56 Å². The first kappa shape index (κ1) is 18.6. The number of H-pyrrole nitrogens is 1. The van der Waals surface area contributed by atoms with Crippen LogP contribution in [0.1, 0.15) is 49.1 Å². The third kappa shape index (κ3) is 5.40. The molecule has 0 unspecified atom stereocenters. The van der Waals surface area contributed by atoms with Crippen molar-refractivity contribution in [3.8, 4) is 6.07 Å². The maximum Gasteiger partial charge on any atom is 0.271 e. The van der Waals surface area contributed by atoms with E-state index in [0.717, 1.165) is 12.8 Å². The molecule has 3 rings (SSSR count). The van der Waals surface area contributed by atoms with Crippen molar-refractivity contribution in [2.24, 2.45) is 0 Å². The van der Waals surface area contributed by atoms with E-state index in [1.165, 1.54) is 25.3 Å². The zero-order valence-corrected chi connectivity index (χ0v) is 13.8. The minimum Gasteiger partial charge on any atom is -0.393 e. The maximum absolute atomic E-state index is 13.4. The third-order valence-electron chi connectivity index (χ3n) is 4.00. The number of anilines is 1. The fourth-order valence-electron chi connectivity index (χ4n) is 2.63. The van der Waals surface area contributed by atoms with Crippen molar-refractivity contribution in [1.82, 2.24) is 9.97 Å². The third-order valence-corrected chi connectivity index (χ3v) is 4.00. The lowest BCUT2D eigenvalue weighted by atomic mass is 9.98. The Morgan fingerprint density at radius 2 is 2.00 bits per heavy atom. The molecule has 0 spiro atoms. The highest BCUT2D eigenvalue weighted by Gasteiger charge is 2.10. The standard InChI is InChI=1S/C12H9FN4O.C6H12O/c13-9-4-2-1-3-7(9)5-10-16-11(15)8(6-14)12(18)17-10;7-6-4-2-1-3-5-6/h1-4H,5H2,(H3,15,16,17,18);6-7H,1-5H2. The Morgan fingerprint density at radius 1 is 1.32 bits per heavy atom. The van der Waals surface area contributed by atoms with E-state index < -0.39 is 5.56 Å². The minimum atomic E-state index is -0.615. The predicted octanol–water partition coefficient (Wildman–Crippen LogP) is 2.27. The molecular weight excluding hydrogens is 323 g/mol. The molecule has 6 nitrogen and oxygen atoms in total. The number of nitrogens with two attached hydrogens (primary N) is 1. The van der Waals surface area contributed by atoms with E-state index >= 15 is 0 Å². The number of halogens is 1. The van der Waals surface area contributed by atoms with Crippen LogP contribution in [0.15, 0.2) is 29.1 Å². The molecule has 1 fully saturated rings. The molecule has 1 aliphatic rings. The molecule has 1 aliphatic carbocycles. The van der Waals surface area contributed by atoms with Gasteiger partial charge in [0.15, 0.2) is 5.56 Å². The molecular formula is C18H21FN4O2. The van der Waals surface area contributed by atoms with Crippen molar-refractivity contribution in [3.05, 3.63) is 57.4 Å². The number of aromatic nitrogens is 2. The summed E-state index contributed by atoms with van der Waals surface area (Å²) in [6.07, 6.45) is 6.03. The van der Waals surface area contributed by atoms with Crippen LogP contribution in [-0.4, -0.2) is 21.2 Å². The fraction of sp³-hybridized carbons (Fsp3) is 0.389. The van der Waals surface area contributed by atoms with Crippen LogP contribution in [0.2, 0.25) is 0 Å². The van der Waals surface area contributed by atoms with Gasteiger partial charge < -0.3 is 15.8 Å². The Bertz CT molecular complexity index is 807. The second-order valence-corrected chi connectivity index (χ2v) is 5.94. The monoisotopic (exact) mass is 344 g/mol. The zero-order chi connectivity index (χ0) is 18.2. The van der Waals surface area contributed by atoms with Crippen LogP contribution in [0.25, 0.3) is 0 Å². The number of aliphatic hydroxyl groups is 1. The Labute approximate surface area is 145 Å².